The van der Waals surface area contributed by atoms with Gasteiger partial charge in [0.25, 0.3) is 0 Å². The molecule has 0 heterocycles. The van der Waals surface area contributed by atoms with Crippen molar-refractivity contribution in [2.75, 3.05) is 7.05 Å². The molecule has 0 atom stereocenters. The van der Waals surface area contributed by atoms with E-state index in [1.54, 1.807) is 11.9 Å². The Labute approximate surface area is 126 Å². The van der Waals surface area contributed by atoms with Gasteiger partial charge in [-0.2, -0.15) is 13.2 Å². The van der Waals surface area contributed by atoms with E-state index in [0.29, 0.717) is 24.5 Å². The minimum absolute atomic E-state index is 0.112. The van der Waals surface area contributed by atoms with E-state index in [4.69, 9.17) is 5.73 Å². The number of primary amides is 1. The summed E-state index contributed by atoms with van der Waals surface area (Å²) in [4.78, 5) is 13.5. The van der Waals surface area contributed by atoms with Crippen molar-refractivity contribution in [3.05, 3.63) is 29.3 Å². The number of benzene rings is 1. The van der Waals surface area contributed by atoms with Gasteiger partial charge in [-0.25, -0.2) is 0 Å². The van der Waals surface area contributed by atoms with Gasteiger partial charge in [-0.15, -0.1) is 0 Å². The fraction of sp³-hybridized carbons (Fsp3) is 0.533. The highest BCUT2D eigenvalue weighted by Crippen LogP contribution is 2.36. The summed E-state index contributed by atoms with van der Waals surface area (Å²) in [5.41, 5.74) is 4.08. The summed E-state index contributed by atoms with van der Waals surface area (Å²) < 4.78 is 38.4. The zero-order valence-electron chi connectivity index (χ0n) is 12.3. The lowest BCUT2D eigenvalue weighted by molar-refractivity contribution is -0.138. The molecule has 0 unspecified atom stereocenters. The van der Waals surface area contributed by atoms with Crippen molar-refractivity contribution in [3.63, 3.8) is 0 Å². The maximum absolute atomic E-state index is 12.8. The number of carbonyl (C=O) groups excluding carboxylic acids is 1. The number of carbonyl (C=O) groups is 1. The van der Waals surface area contributed by atoms with E-state index in [1.807, 2.05) is 0 Å². The molecule has 0 aliphatic heterocycles. The van der Waals surface area contributed by atoms with Crippen LogP contribution >= 0.6 is 0 Å². The van der Waals surface area contributed by atoms with E-state index in [2.05, 4.69) is 0 Å². The number of amides is 1. The molecule has 7 heteroatoms. The van der Waals surface area contributed by atoms with Gasteiger partial charge in [-0.1, -0.05) is 12.8 Å². The Balaban J connectivity index is 2.26. The number of alkyl halides is 3. The van der Waals surface area contributed by atoms with Crippen LogP contribution in [-0.2, 0) is 17.5 Å². The predicted molar refractivity (Wildman–Crippen MR) is 75.0 cm³/mol. The van der Waals surface area contributed by atoms with Crippen LogP contribution in [0.5, 0.6) is 5.75 Å². The number of rotatable bonds is 4. The summed E-state index contributed by atoms with van der Waals surface area (Å²) in [7, 11) is 1.67. The maximum atomic E-state index is 12.8. The van der Waals surface area contributed by atoms with Gasteiger partial charge in [0.2, 0.25) is 5.91 Å². The molecule has 0 bridgehead atoms. The number of phenols is 1. The van der Waals surface area contributed by atoms with Gasteiger partial charge >= 0.3 is 6.18 Å². The molecule has 1 saturated carbocycles. The molecule has 22 heavy (non-hydrogen) atoms. The number of nitrogens with two attached hydrogens (primary N) is 1. The third-order valence-corrected chi connectivity index (χ3v) is 4.34. The number of aromatic hydroxyl groups is 1. The molecule has 0 radical (unpaired) electrons. The Bertz CT molecular complexity index is 566. The molecule has 4 nitrogen and oxygen atoms in total. The van der Waals surface area contributed by atoms with Crippen molar-refractivity contribution in [2.24, 2.45) is 5.73 Å². The predicted octanol–water partition coefficient (Wildman–Crippen LogP) is 2.64. The topological polar surface area (TPSA) is 66.6 Å². The normalized spacial score (nSPS) is 17.9. The fourth-order valence-electron chi connectivity index (χ4n) is 3.13. The highest BCUT2D eigenvalue weighted by atomic mass is 19.4. The molecular weight excluding hydrogens is 297 g/mol. The van der Waals surface area contributed by atoms with E-state index < -0.39 is 28.9 Å². The third kappa shape index (κ3) is 3.19. The first kappa shape index (κ1) is 16.6. The summed E-state index contributed by atoms with van der Waals surface area (Å²) in [6, 6.07) is 2.94. The largest absolute Gasteiger partial charge is 0.508 e. The lowest BCUT2D eigenvalue weighted by Crippen LogP contribution is -2.53. The van der Waals surface area contributed by atoms with Crippen LogP contribution in [0.3, 0.4) is 0 Å². The second-order valence-electron chi connectivity index (χ2n) is 5.84. The molecule has 0 saturated heterocycles. The van der Waals surface area contributed by atoms with Crippen LogP contribution in [-0.4, -0.2) is 28.5 Å². The Hall–Kier alpha value is -1.76. The standard InChI is InChI=1S/C15H19F3N2O2/c1-20(14(13(19)22)4-2-3-5-14)9-10-6-11(15(16,17)18)8-12(21)7-10/h6-8,21H,2-5,9H2,1H3,(H2,19,22). The molecule has 0 aromatic heterocycles. The first-order valence-corrected chi connectivity index (χ1v) is 7.06. The SMILES string of the molecule is CN(Cc1cc(O)cc(C(F)(F)F)c1)C1(C(N)=O)CCCC1. The van der Waals surface area contributed by atoms with Crippen LogP contribution in [0.15, 0.2) is 18.2 Å². The Morgan fingerprint density at radius 3 is 2.41 bits per heavy atom. The Kier molecular flexibility index (Phi) is 4.37. The van der Waals surface area contributed by atoms with Crippen LogP contribution in [0, 0.1) is 0 Å². The number of likely N-dealkylation sites (N-methyl/N-ethyl adjacent to an activating group) is 1. The molecule has 1 aliphatic rings. The first-order chi connectivity index (χ1) is 10.1. The van der Waals surface area contributed by atoms with E-state index in [9.17, 15) is 23.1 Å². The van der Waals surface area contributed by atoms with Gasteiger partial charge in [0.1, 0.15) is 11.3 Å². The maximum Gasteiger partial charge on any atom is 0.416 e. The molecule has 1 fully saturated rings. The van der Waals surface area contributed by atoms with Crippen LogP contribution in [0.4, 0.5) is 13.2 Å². The lowest BCUT2D eigenvalue weighted by atomic mass is 9.94. The van der Waals surface area contributed by atoms with Gasteiger partial charge < -0.3 is 10.8 Å². The molecule has 3 N–H and O–H groups in total. The van der Waals surface area contributed by atoms with E-state index in [1.165, 1.54) is 6.07 Å². The summed E-state index contributed by atoms with van der Waals surface area (Å²) in [5, 5.41) is 9.50. The monoisotopic (exact) mass is 316 g/mol. The van der Waals surface area contributed by atoms with Crippen LogP contribution in [0.2, 0.25) is 0 Å². The summed E-state index contributed by atoms with van der Waals surface area (Å²) >= 11 is 0. The van der Waals surface area contributed by atoms with E-state index >= 15 is 0 Å². The second-order valence-corrected chi connectivity index (χ2v) is 5.84. The van der Waals surface area contributed by atoms with Gasteiger partial charge in [0.05, 0.1) is 5.56 Å². The number of hydrogen-bond acceptors (Lipinski definition) is 3. The van der Waals surface area contributed by atoms with Gasteiger partial charge in [0, 0.05) is 6.54 Å². The number of phenolic OH excluding ortho intramolecular Hbond substituents is 1. The quantitative estimate of drug-likeness (QED) is 0.897. The van der Waals surface area contributed by atoms with Crippen LogP contribution in [0.1, 0.15) is 36.8 Å². The van der Waals surface area contributed by atoms with Crippen LogP contribution in [0.25, 0.3) is 0 Å². The number of hydrogen-bond donors (Lipinski definition) is 2. The molecule has 0 spiro atoms. The van der Waals surface area contributed by atoms with Gasteiger partial charge in [-0.3, -0.25) is 9.69 Å². The fourth-order valence-corrected chi connectivity index (χ4v) is 3.13. The minimum Gasteiger partial charge on any atom is -0.508 e. The van der Waals surface area contributed by atoms with Crippen LogP contribution < -0.4 is 5.73 Å². The zero-order chi connectivity index (χ0) is 16.5. The average molecular weight is 316 g/mol. The van der Waals surface area contributed by atoms with Crippen molar-refractivity contribution in [3.8, 4) is 5.75 Å². The van der Waals surface area contributed by atoms with E-state index in [0.717, 1.165) is 18.9 Å². The van der Waals surface area contributed by atoms with Crippen molar-refractivity contribution < 1.29 is 23.1 Å². The van der Waals surface area contributed by atoms with Gasteiger partial charge in [-0.05, 0) is 43.7 Å². The highest BCUT2D eigenvalue weighted by molar-refractivity contribution is 5.85. The second kappa shape index (κ2) is 5.79. The average Bonchev–Trinajstić information content (AvgIpc) is 2.87. The van der Waals surface area contributed by atoms with Crippen molar-refractivity contribution in [1.82, 2.24) is 4.90 Å². The molecule has 2 rings (SSSR count). The molecule has 1 amide bonds. The summed E-state index contributed by atoms with van der Waals surface area (Å²) in [6.07, 6.45) is -1.60. The van der Waals surface area contributed by atoms with Crippen molar-refractivity contribution in [2.45, 2.75) is 43.9 Å². The van der Waals surface area contributed by atoms with Gasteiger partial charge in [0.15, 0.2) is 0 Å². The Morgan fingerprint density at radius 1 is 1.32 bits per heavy atom. The first-order valence-electron chi connectivity index (χ1n) is 7.06. The van der Waals surface area contributed by atoms with Crippen molar-refractivity contribution >= 4 is 5.91 Å². The number of halogens is 3. The highest BCUT2D eigenvalue weighted by Gasteiger charge is 2.43. The smallest absolute Gasteiger partial charge is 0.416 e. The summed E-state index contributed by atoms with van der Waals surface area (Å²) in [5.74, 6) is -0.901. The molecule has 1 aromatic rings. The molecular formula is C15H19F3N2O2. The minimum atomic E-state index is -4.53. The van der Waals surface area contributed by atoms with E-state index in [-0.39, 0.29) is 6.54 Å². The molecule has 122 valence electrons. The van der Waals surface area contributed by atoms with Crippen molar-refractivity contribution in [1.29, 1.82) is 0 Å². The molecule has 1 aliphatic carbocycles. The molecule has 1 aromatic carbocycles. The summed E-state index contributed by atoms with van der Waals surface area (Å²) in [6.45, 7) is 0.112. The lowest BCUT2D eigenvalue weighted by Gasteiger charge is -2.36. The number of nitrogens with zero attached hydrogens (tertiary/aromatic N) is 1. The third-order valence-electron chi connectivity index (χ3n) is 4.34. The zero-order valence-corrected chi connectivity index (χ0v) is 12.3. The Morgan fingerprint density at radius 2 is 1.91 bits per heavy atom.